The van der Waals surface area contributed by atoms with Gasteiger partial charge < -0.3 is 14.1 Å². The minimum absolute atomic E-state index is 0.156. The molecule has 0 spiro atoms. The van der Waals surface area contributed by atoms with Gasteiger partial charge in [0.05, 0.1) is 17.0 Å². The Balaban J connectivity index is 1.75. The topological polar surface area (TPSA) is 68.5 Å². The molecular weight excluding hydrogens is 410 g/mol. The number of furan rings is 1. The average molecular weight is 432 g/mol. The maximum atomic E-state index is 11.2. The Hall–Kier alpha value is -2.41. The number of hydrogen-bond donors (Lipinski definition) is 0. The number of rotatable bonds is 8. The van der Waals surface area contributed by atoms with E-state index in [1.165, 1.54) is 13.4 Å². The van der Waals surface area contributed by atoms with Gasteiger partial charge in [0.2, 0.25) is 5.71 Å². The van der Waals surface area contributed by atoms with Crippen LogP contribution in [0.3, 0.4) is 0 Å². The summed E-state index contributed by atoms with van der Waals surface area (Å²) < 4.78 is 11.5. The second-order valence-corrected chi connectivity index (χ2v) is 7.09. The molecule has 6 nitrogen and oxygen atoms in total. The van der Waals surface area contributed by atoms with Gasteiger partial charge in [-0.2, -0.15) is 0 Å². The lowest BCUT2D eigenvalue weighted by atomic mass is 10.1. The van der Waals surface area contributed by atoms with Crippen LogP contribution in [0.2, 0.25) is 0 Å². The molecule has 7 heteroatoms. The average Bonchev–Trinajstić information content (AvgIpc) is 3.04. The van der Waals surface area contributed by atoms with Crippen LogP contribution in [-0.4, -0.2) is 36.6 Å². The lowest BCUT2D eigenvalue weighted by Crippen LogP contribution is -2.20. The number of nitrogens with zero attached hydrogens (tertiary/aromatic N) is 3. The quantitative estimate of drug-likeness (QED) is 0.376. The van der Waals surface area contributed by atoms with E-state index < -0.39 is 0 Å². The van der Waals surface area contributed by atoms with E-state index in [0.29, 0.717) is 12.1 Å². The monoisotopic (exact) mass is 431 g/mol. The summed E-state index contributed by atoms with van der Waals surface area (Å²) in [6.07, 6.45) is 4.73. The fourth-order valence-electron chi connectivity index (χ4n) is 2.95. The number of esters is 1. The summed E-state index contributed by atoms with van der Waals surface area (Å²) in [6, 6.07) is 9.92. The normalized spacial score (nSPS) is 10.9. The number of ether oxygens (including phenoxy) is 1. The van der Waals surface area contributed by atoms with Crippen molar-refractivity contribution >= 4 is 38.8 Å². The van der Waals surface area contributed by atoms with Crippen molar-refractivity contribution in [3.63, 3.8) is 0 Å². The standard InChI is InChI=1S/C20H22BrN3O3/c1-24(12-8-4-7-11-15(25)26-2)19-16-17(21)18(14-9-5-3-6-10-14)27-20(16)23-13-22-19/h3,5-6,9-10,13H,4,7-8,11-12H2,1-2H3. The highest BCUT2D eigenvalue weighted by molar-refractivity contribution is 9.10. The van der Waals surface area contributed by atoms with Crippen LogP contribution in [0.4, 0.5) is 5.82 Å². The Morgan fingerprint density at radius 2 is 1.96 bits per heavy atom. The summed E-state index contributed by atoms with van der Waals surface area (Å²) in [7, 11) is 3.42. The van der Waals surface area contributed by atoms with E-state index in [1.54, 1.807) is 0 Å². The van der Waals surface area contributed by atoms with Gasteiger partial charge in [-0.1, -0.05) is 36.8 Å². The maximum Gasteiger partial charge on any atom is 0.305 e. The number of halogens is 1. The van der Waals surface area contributed by atoms with Crippen LogP contribution in [0.1, 0.15) is 25.7 Å². The predicted molar refractivity (Wildman–Crippen MR) is 109 cm³/mol. The molecule has 0 aliphatic rings. The maximum absolute atomic E-state index is 11.2. The van der Waals surface area contributed by atoms with Gasteiger partial charge in [0.1, 0.15) is 12.1 Å². The van der Waals surface area contributed by atoms with Gasteiger partial charge in [0.25, 0.3) is 0 Å². The molecule has 2 heterocycles. The highest BCUT2D eigenvalue weighted by Gasteiger charge is 2.20. The molecule has 27 heavy (non-hydrogen) atoms. The first-order valence-corrected chi connectivity index (χ1v) is 9.67. The molecule has 0 unspecified atom stereocenters. The lowest BCUT2D eigenvalue weighted by Gasteiger charge is -2.18. The van der Waals surface area contributed by atoms with E-state index in [1.807, 2.05) is 37.4 Å². The number of carbonyl (C=O) groups excluding carboxylic acids is 1. The third-order valence-corrected chi connectivity index (χ3v) is 5.17. The second kappa shape index (κ2) is 8.99. The molecule has 0 aliphatic carbocycles. The molecule has 0 aliphatic heterocycles. The Bertz CT molecular complexity index is 911. The first-order chi connectivity index (χ1) is 13.1. The molecule has 0 radical (unpaired) electrons. The number of anilines is 1. The Labute approximate surface area is 166 Å². The van der Waals surface area contributed by atoms with E-state index in [4.69, 9.17) is 4.42 Å². The largest absolute Gasteiger partial charge is 0.469 e. The smallest absolute Gasteiger partial charge is 0.305 e. The Morgan fingerprint density at radius 3 is 2.70 bits per heavy atom. The minimum Gasteiger partial charge on any atom is -0.469 e. The zero-order valence-electron chi connectivity index (χ0n) is 15.4. The summed E-state index contributed by atoms with van der Waals surface area (Å²) in [5.74, 6) is 1.42. The molecule has 0 saturated heterocycles. The molecule has 0 bridgehead atoms. The zero-order chi connectivity index (χ0) is 19.2. The molecule has 3 rings (SSSR count). The van der Waals surface area contributed by atoms with Gasteiger partial charge in [-0.25, -0.2) is 9.97 Å². The van der Waals surface area contributed by atoms with Crippen LogP contribution >= 0.6 is 15.9 Å². The molecule has 0 atom stereocenters. The second-order valence-electron chi connectivity index (χ2n) is 6.30. The minimum atomic E-state index is -0.156. The number of fused-ring (bicyclic) bond motifs is 1. The summed E-state index contributed by atoms with van der Waals surface area (Å²) in [5, 5.41) is 0.869. The number of benzene rings is 1. The molecule has 0 amide bonds. The van der Waals surface area contributed by atoms with Crippen LogP contribution < -0.4 is 4.90 Å². The van der Waals surface area contributed by atoms with Crippen molar-refractivity contribution in [2.24, 2.45) is 0 Å². The third kappa shape index (κ3) is 4.47. The van der Waals surface area contributed by atoms with Crippen molar-refractivity contribution in [1.82, 2.24) is 9.97 Å². The van der Waals surface area contributed by atoms with Crippen LogP contribution in [0, 0.1) is 0 Å². The number of carbonyl (C=O) groups is 1. The predicted octanol–water partition coefficient (Wildman–Crippen LogP) is 4.82. The first kappa shape index (κ1) is 19.4. The first-order valence-electron chi connectivity index (χ1n) is 8.88. The molecule has 0 saturated carbocycles. The number of unbranched alkanes of at least 4 members (excludes halogenated alkanes) is 2. The molecule has 3 aromatic rings. The van der Waals surface area contributed by atoms with Crippen molar-refractivity contribution in [2.75, 3.05) is 25.6 Å². The highest BCUT2D eigenvalue weighted by atomic mass is 79.9. The molecule has 0 N–H and O–H groups in total. The van der Waals surface area contributed by atoms with Crippen LogP contribution in [0.15, 0.2) is 45.5 Å². The van der Waals surface area contributed by atoms with Gasteiger partial charge >= 0.3 is 5.97 Å². The number of hydrogen-bond acceptors (Lipinski definition) is 6. The third-order valence-electron chi connectivity index (χ3n) is 4.41. The SMILES string of the molecule is COC(=O)CCCCCN(C)c1ncnc2oc(-c3ccccc3)c(Br)c12. The fourth-order valence-corrected chi connectivity index (χ4v) is 3.61. The number of aromatic nitrogens is 2. The van der Waals surface area contributed by atoms with Crippen molar-refractivity contribution in [3.8, 4) is 11.3 Å². The zero-order valence-corrected chi connectivity index (χ0v) is 17.0. The highest BCUT2D eigenvalue weighted by Crippen LogP contribution is 2.40. The molecular formula is C20H22BrN3O3. The van der Waals surface area contributed by atoms with Crippen molar-refractivity contribution in [3.05, 3.63) is 41.1 Å². The lowest BCUT2D eigenvalue weighted by molar-refractivity contribution is -0.140. The molecule has 142 valence electrons. The fraction of sp³-hybridized carbons (Fsp3) is 0.350. The summed E-state index contributed by atoms with van der Waals surface area (Å²) in [5.41, 5.74) is 1.54. The van der Waals surface area contributed by atoms with Crippen molar-refractivity contribution in [1.29, 1.82) is 0 Å². The summed E-state index contributed by atoms with van der Waals surface area (Å²) >= 11 is 3.67. The van der Waals surface area contributed by atoms with E-state index in [2.05, 4.69) is 35.5 Å². The molecule has 2 aromatic heterocycles. The van der Waals surface area contributed by atoms with Gasteiger partial charge in [-0.3, -0.25) is 4.79 Å². The number of methoxy groups -OCH3 is 1. The van der Waals surface area contributed by atoms with E-state index in [9.17, 15) is 4.79 Å². The van der Waals surface area contributed by atoms with E-state index in [-0.39, 0.29) is 5.97 Å². The van der Waals surface area contributed by atoms with Gasteiger partial charge in [0, 0.05) is 25.6 Å². The summed E-state index contributed by atoms with van der Waals surface area (Å²) in [6.45, 7) is 0.825. The van der Waals surface area contributed by atoms with E-state index in [0.717, 1.165) is 52.8 Å². The van der Waals surface area contributed by atoms with E-state index >= 15 is 0 Å². The van der Waals surface area contributed by atoms with Gasteiger partial charge in [0.15, 0.2) is 5.76 Å². The van der Waals surface area contributed by atoms with Gasteiger partial charge in [-0.15, -0.1) is 0 Å². The van der Waals surface area contributed by atoms with Crippen molar-refractivity contribution < 1.29 is 13.9 Å². The van der Waals surface area contributed by atoms with Crippen molar-refractivity contribution in [2.45, 2.75) is 25.7 Å². The molecule has 1 aromatic carbocycles. The van der Waals surface area contributed by atoms with Crippen LogP contribution in [0.25, 0.3) is 22.4 Å². The van der Waals surface area contributed by atoms with Crippen LogP contribution in [0.5, 0.6) is 0 Å². The Kier molecular flexibility index (Phi) is 6.45. The Morgan fingerprint density at radius 1 is 1.19 bits per heavy atom. The van der Waals surface area contributed by atoms with Crippen LogP contribution in [-0.2, 0) is 9.53 Å². The van der Waals surface area contributed by atoms with Gasteiger partial charge in [-0.05, 0) is 28.8 Å². The molecule has 0 fully saturated rings. The summed E-state index contributed by atoms with van der Waals surface area (Å²) in [4.78, 5) is 22.0.